The summed E-state index contributed by atoms with van der Waals surface area (Å²) in [5, 5.41) is 22.2. The highest BCUT2D eigenvalue weighted by atomic mass is 16.3. The Morgan fingerprint density at radius 2 is 1.55 bits per heavy atom. The van der Waals surface area contributed by atoms with Crippen molar-refractivity contribution in [3.05, 3.63) is 11.6 Å². The van der Waals surface area contributed by atoms with E-state index in [0.29, 0.717) is 39.9 Å². The summed E-state index contributed by atoms with van der Waals surface area (Å²) in [6.45, 7) is 20.6. The molecule has 4 saturated carbocycles. The van der Waals surface area contributed by atoms with E-state index >= 15 is 0 Å². The molecule has 0 aromatic heterocycles. The molecule has 0 radical (unpaired) electrons. The Labute approximate surface area is 206 Å². The molecular weight excluding hydrogens is 404 g/mol. The van der Waals surface area contributed by atoms with Crippen molar-refractivity contribution in [1.29, 1.82) is 0 Å². The van der Waals surface area contributed by atoms with Gasteiger partial charge in [-0.05, 0) is 131 Å². The molecule has 10 atom stereocenters. The molecule has 0 bridgehead atoms. The van der Waals surface area contributed by atoms with Crippen molar-refractivity contribution in [1.82, 2.24) is 0 Å². The number of aliphatic hydroxyl groups excluding tert-OH is 1. The predicted molar refractivity (Wildman–Crippen MR) is 141 cm³/mol. The standard InChI is InChI=1S/C29H50O2.C2H6/c1-19(2)9-8-15-29(7,31)23-13-17-27(5)22(23)10-11-25-26(4)16-14-24(30)20(3)21(26)12-18-28(25,27)6;1-2/h9,20-25,30-31H,8,10-18H2,1-7H3;1-2H3. The lowest BCUT2D eigenvalue weighted by Crippen LogP contribution is -2.62. The smallest absolute Gasteiger partial charge is 0.0653 e. The molecule has 2 heteroatoms. The van der Waals surface area contributed by atoms with Crippen LogP contribution in [0.4, 0.5) is 0 Å². The van der Waals surface area contributed by atoms with Gasteiger partial charge >= 0.3 is 0 Å². The number of hydrogen-bond donors (Lipinski definition) is 2. The zero-order valence-corrected chi connectivity index (χ0v) is 23.5. The minimum absolute atomic E-state index is 0.0962. The number of allylic oxidation sites excluding steroid dienone is 2. The van der Waals surface area contributed by atoms with E-state index in [9.17, 15) is 10.2 Å². The van der Waals surface area contributed by atoms with Crippen LogP contribution in [0, 0.1) is 45.8 Å². The summed E-state index contributed by atoms with van der Waals surface area (Å²) in [6, 6.07) is 0. The number of aliphatic hydroxyl groups is 2. The fourth-order valence-electron chi connectivity index (χ4n) is 9.93. The molecule has 4 aliphatic carbocycles. The third-order valence-electron chi connectivity index (χ3n) is 12.0. The van der Waals surface area contributed by atoms with Gasteiger partial charge in [-0.1, -0.05) is 53.2 Å². The summed E-state index contributed by atoms with van der Waals surface area (Å²) in [7, 11) is 0. The van der Waals surface area contributed by atoms with E-state index in [1.54, 1.807) is 0 Å². The van der Waals surface area contributed by atoms with Gasteiger partial charge in [-0.25, -0.2) is 0 Å². The van der Waals surface area contributed by atoms with Gasteiger partial charge in [-0.2, -0.15) is 0 Å². The topological polar surface area (TPSA) is 40.5 Å². The van der Waals surface area contributed by atoms with Crippen LogP contribution in [0.1, 0.15) is 127 Å². The van der Waals surface area contributed by atoms with Gasteiger partial charge in [0, 0.05) is 0 Å². The molecule has 0 aromatic rings. The SMILES string of the molecule is CC.CC(C)=CCCC(C)(O)C1CCC2(C)C1CCC1C3(C)CCC(O)C(C)C3CCC12C. The molecule has 33 heavy (non-hydrogen) atoms. The summed E-state index contributed by atoms with van der Waals surface area (Å²) in [5.74, 6) is 2.99. The largest absolute Gasteiger partial charge is 0.393 e. The van der Waals surface area contributed by atoms with E-state index in [2.05, 4.69) is 54.5 Å². The lowest BCUT2D eigenvalue weighted by molar-refractivity contribution is -0.207. The van der Waals surface area contributed by atoms with Gasteiger partial charge in [0.1, 0.15) is 0 Å². The summed E-state index contributed by atoms with van der Waals surface area (Å²) in [4.78, 5) is 0. The van der Waals surface area contributed by atoms with Crippen LogP contribution in [0.15, 0.2) is 11.6 Å². The number of hydrogen-bond acceptors (Lipinski definition) is 2. The Balaban J connectivity index is 0.00000149. The van der Waals surface area contributed by atoms with E-state index < -0.39 is 5.60 Å². The molecule has 0 heterocycles. The second-order valence-electron chi connectivity index (χ2n) is 13.5. The second kappa shape index (κ2) is 9.61. The molecule has 4 rings (SSSR count). The molecule has 0 spiro atoms. The molecule has 2 nitrogen and oxygen atoms in total. The van der Waals surface area contributed by atoms with Crippen molar-refractivity contribution < 1.29 is 10.2 Å². The molecule has 4 aliphatic rings. The van der Waals surface area contributed by atoms with Gasteiger partial charge in [0.05, 0.1) is 11.7 Å². The Morgan fingerprint density at radius 1 is 0.909 bits per heavy atom. The van der Waals surface area contributed by atoms with Crippen molar-refractivity contribution in [3.8, 4) is 0 Å². The van der Waals surface area contributed by atoms with E-state index in [4.69, 9.17) is 0 Å². The van der Waals surface area contributed by atoms with Crippen molar-refractivity contribution in [3.63, 3.8) is 0 Å². The fraction of sp³-hybridized carbons (Fsp3) is 0.935. The maximum atomic E-state index is 11.6. The van der Waals surface area contributed by atoms with Crippen LogP contribution in [-0.4, -0.2) is 21.9 Å². The zero-order chi connectivity index (χ0) is 24.8. The molecule has 0 aromatic carbocycles. The fourth-order valence-corrected chi connectivity index (χ4v) is 9.93. The lowest BCUT2D eigenvalue weighted by Gasteiger charge is -2.68. The van der Waals surface area contributed by atoms with Crippen LogP contribution in [0.3, 0.4) is 0 Å². The summed E-state index contributed by atoms with van der Waals surface area (Å²) < 4.78 is 0. The molecule has 0 amide bonds. The van der Waals surface area contributed by atoms with E-state index in [-0.39, 0.29) is 6.10 Å². The van der Waals surface area contributed by atoms with Crippen molar-refractivity contribution in [2.45, 2.75) is 138 Å². The normalized spacial score (nSPS) is 48.3. The van der Waals surface area contributed by atoms with Gasteiger partial charge in [0.15, 0.2) is 0 Å². The van der Waals surface area contributed by atoms with E-state index in [0.717, 1.165) is 25.2 Å². The van der Waals surface area contributed by atoms with Crippen LogP contribution in [0.25, 0.3) is 0 Å². The molecule has 0 saturated heterocycles. The highest BCUT2D eigenvalue weighted by molar-refractivity contribution is 5.17. The average Bonchev–Trinajstić information content (AvgIpc) is 3.11. The van der Waals surface area contributed by atoms with E-state index in [1.165, 1.54) is 50.5 Å². The van der Waals surface area contributed by atoms with Crippen LogP contribution >= 0.6 is 0 Å². The highest BCUT2D eigenvalue weighted by Crippen LogP contribution is 2.74. The van der Waals surface area contributed by atoms with Crippen LogP contribution < -0.4 is 0 Å². The third kappa shape index (κ3) is 4.28. The number of rotatable bonds is 4. The first-order valence-electron chi connectivity index (χ1n) is 14.4. The van der Waals surface area contributed by atoms with Crippen molar-refractivity contribution in [2.24, 2.45) is 45.8 Å². The molecule has 2 N–H and O–H groups in total. The monoisotopic (exact) mass is 460 g/mol. The summed E-state index contributed by atoms with van der Waals surface area (Å²) >= 11 is 0. The van der Waals surface area contributed by atoms with Crippen LogP contribution in [0.5, 0.6) is 0 Å². The molecule has 10 unspecified atom stereocenters. The predicted octanol–water partition coefficient (Wildman–Crippen LogP) is 8.17. The maximum Gasteiger partial charge on any atom is 0.0653 e. The van der Waals surface area contributed by atoms with Crippen LogP contribution in [-0.2, 0) is 0 Å². The van der Waals surface area contributed by atoms with Gasteiger partial charge in [0.2, 0.25) is 0 Å². The van der Waals surface area contributed by atoms with Gasteiger partial charge in [-0.15, -0.1) is 0 Å². The molecule has 0 aliphatic heterocycles. The second-order valence-corrected chi connectivity index (χ2v) is 13.5. The summed E-state index contributed by atoms with van der Waals surface area (Å²) in [6.07, 6.45) is 14.0. The quantitative estimate of drug-likeness (QED) is 0.415. The minimum Gasteiger partial charge on any atom is -0.393 e. The van der Waals surface area contributed by atoms with E-state index in [1.807, 2.05) is 13.8 Å². The lowest BCUT2D eigenvalue weighted by atomic mass is 9.37. The van der Waals surface area contributed by atoms with Crippen molar-refractivity contribution in [2.75, 3.05) is 0 Å². The first-order chi connectivity index (χ1) is 15.4. The van der Waals surface area contributed by atoms with Gasteiger partial charge in [0.25, 0.3) is 0 Å². The molecule has 4 fully saturated rings. The van der Waals surface area contributed by atoms with Gasteiger partial charge in [-0.3, -0.25) is 0 Å². The third-order valence-corrected chi connectivity index (χ3v) is 12.0. The number of fused-ring (bicyclic) bond motifs is 5. The first kappa shape index (κ1) is 27.3. The minimum atomic E-state index is -0.553. The Hall–Kier alpha value is -0.340. The Kier molecular flexibility index (Phi) is 7.93. The van der Waals surface area contributed by atoms with Crippen molar-refractivity contribution >= 4 is 0 Å². The molecular formula is C31H56O2. The summed E-state index contributed by atoms with van der Waals surface area (Å²) in [5.41, 5.74) is 1.89. The Bertz CT molecular complexity index is 706. The highest BCUT2D eigenvalue weighted by Gasteiger charge is 2.68. The van der Waals surface area contributed by atoms with Gasteiger partial charge < -0.3 is 10.2 Å². The maximum absolute atomic E-state index is 11.6. The average molecular weight is 461 g/mol. The van der Waals surface area contributed by atoms with Crippen LogP contribution in [0.2, 0.25) is 0 Å². The zero-order valence-electron chi connectivity index (χ0n) is 23.5. The molecule has 192 valence electrons. The first-order valence-corrected chi connectivity index (χ1v) is 14.4. The Morgan fingerprint density at radius 3 is 2.18 bits per heavy atom.